The summed E-state index contributed by atoms with van der Waals surface area (Å²) in [6.07, 6.45) is 3.57. The number of esters is 1. The van der Waals surface area contributed by atoms with Gasteiger partial charge in [-0.3, -0.25) is 9.59 Å². The number of unbranched alkanes of at least 4 members (excludes halogenated alkanes) is 1. The Bertz CT molecular complexity index is 300. The summed E-state index contributed by atoms with van der Waals surface area (Å²) in [5.74, 6) is -2.13. The minimum absolute atomic E-state index is 0.0439. The molecule has 18 heavy (non-hydrogen) atoms. The van der Waals surface area contributed by atoms with Gasteiger partial charge in [0.05, 0.1) is 18.4 Å². The van der Waals surface area contributed by atoms with Crippen molar-refractivity contribution in [1.82, 2.24) is 0 Å². The fourth-order valence-corrected chi connectivity index (χ4v) is 2.78. The van der Waals surface area contributed by atoms with E-state index in [9.17, 15) is 14.7 Å². The van der Waals surface area contributed by atoms with Crippen LogP contribution in [0.1, 0.15) is 46.5 Å². The largest absolute Gasteiger partial charge is 0.481 e. The Morgan fingerprint density at radius 1 is 1.17 bits per heavy atom. The van der Waals surface area contributed by atoms with Gasteiger partial charge in [0.25, 0.3) is 0 Å². The lowest BCUT2D eigenvalue weighted by atomic mass is 9.67. The van der Waals surface area contributed by atoms with Crippen molar-refractivity contribution in [3.8, 4) is 0 Å². The van der Waals surface area contributed by atoms with Crippen LogP contribution in [0.2, 0.25) is 0 Å². The zero-order valence-corrected chi connectivity index (χ0v) is 11.5. The molecule has 0 aromatic heterocycles. The van der Waals surface area contributed by atoms with Crippen molar-refractivity contribution in [3.63, 3.8) is 0 Å². The number of carbonyl (C=O) groups excluding carboxylic acids is 1. The minimum atomic E-state index is -0.869. The highest BCUT2D eigenvalue weighted by Crippen LogP contribution is 2.39. The van der Waals surface area contributed by atoms with Crippen molar-refractivity contribution in [1.29, 1.82) is 0 Å². The van der Waals surface area contributed by atoms with Crippen molar-refractivity contribution in [2.24, 2.45) is 23.7 Å². The van der Waals surface area contributed by atoms with E-state index in [0.717, 1.165) is 25.7 Å². The Morgan fingerprint density at radius 2 is 1.72 bits per heavy atom. The van der Waals surface area contributed by atoms with E-state index >= 15 is 0 Å². The lowest BCUT2D eigenvalue weighted by molar-refractivity contribution is -0.165. The molecular weight excluding hydrogens is 232 g/mol. The number of aliphatic carboxylic acids is 1. The Balaban J connectivity index is 2.72. The van der Waals surface area contributed by atoms with Crippen LogP contribution in [0.4, 0.5) is 0 Å². The van der Waals surface area contributed by atoms with Crippen molar-refractivity contribution in [2.45, 2.75) is 46.5 Å². The van der Waals surface area contributed by atoms with Gasteiger partial charge in [0, 0.05) is 0 Å². The molecule has 4 heteroatoms. The van der Waals surface area contributed by atoms with Gasteiger partial charge in [0.15, 0.2) is 0 Å². The molecule has 1 saturated carbocycles. The van der Waals surface area contributed by atoms with Crippen molar-refractivity contribution >= 4 is 11.9 Å². The van der Waals surface area contributed by atoms with Gasteiger partial charge >= 0.3 is 11.9 Å². The maximum absolute atomic E-state index is 12.1. The number of carboxylic acid groups (broad SMARTS) is 1. The molecule has 0 aromatic carbocycles. The molecule has 0 bridgehead atoms. The molecule has 0 saturated heterocycles. The summed E-state index contributed by atoms with van der Waals surface area (Å²) in [5, 5.41) is 9.31. The average molecular weight is 256 g/mol. The first-order valence-electron chi connectivity index (χ1n) is 6.88. The molecule has 0 spiro atoms. The first-order chi connectivity index (χ1) is 8.49. The van der Waals surface area contributed by atoms with E-state index in [2.05, 4.69) is 0 Å². The maximum atomic E-state index is 12.1. The van der Waals surface area contributed by atoms with Crippen LogP contribution < -0.4 is 0 Å². The molecule has 0 radical (unpaired) electrons. The number of carbonyl (C=O) groups is 2. The standard InChI is InChI=1S/C14H24O4/c1-4-5-8-18-14(17)12-10(3)7-6-9(2)11(12)13(15)16/h9-12H,4-8H2,1-3H3,(H,15,16). The molecule has 4 unspecified atom stereocenters. The van der Waals surface area contributed by atoms with Crippen LogP contribution in [0.25, 0.3) is 0 Å². The summed E-state index contributed by atoms with van der Waals surface area (Å²) in [5.41, 5.74) is 0. The Labute approximate surface area is 109 Å². The minimum Gasteiger partial charge on any atom is -0.481 e. The molecule has 1 rings (SSSR count). The predicted molar refractivity (Wildman–Crippen MR) is 68.0 cm³/mol. The second kappa shape index (κ2) is 6.76. The molecule has 0 aliphatic heterocycles. The second-order valence-electron chi connectivity index (χ2n) is 5.44. The third-order valence-corrected chi connectivity index (χ3v) is 3.99. The first-order valence-corrected chi connectivity index (χ1v) is 6.88. The topological polar surface area (TPSA) is 63.6 Å². The van der Waals surface area contributed by atoms with Crippen molar-refractivity contribution in [3.05, 3.63) is 0 Å². The summed E-state index contributed by atoms with van der Waals surface area (Å²) < 4.78 is 5.22. The molecular formula is C14H24O4. The Morgan fingerprint density at radius 3 is 2.22 bits per heavy atom. The molecule has 1 fully saturated rings. The molecule has 0 amide bonds. The highest BCUT2D eigenvalue weighted by Gasteiger charge is 2.44. The highest BCUT2D eigenvalue weighted by molar-refractivity contribution is 5.81. The van der Waals surface area contributed by atoms with E-state index < -0.39 is 17.8 Å². The quantitative estimate of drug-likeness (QED) is 0.607. The summed E-state index contributed by atoms with van der Waals surface area (Å²) >= 11 is 0. The van der Waals surface area contributed by atoms with Crippen LogP contribution in [-0.4, -0.2) is 23.7 Å². The Kier molecular flexibility index (Phi) is 5.63. The molecule has 0 aromatic rings. The summed E-state index contributed by atoms with van der Waals surface area (Å²) in [6, 6.07) is 0. The van der Waals surface area contributed by atoms with Gasteiger partial charge in [-0.2, -0.15) is 0 Å². The summed E-state index contributed by atoms with van der Waals surface area (Å²) in [4.78, 5) is 23.4. The number of hydrogen-bond acceptors (Lipinski definition) is 3. The average Bonchev–Trinajstić information content (AvgIpc) is 2.31. The fourth-order valence-electron chi connectivity index (χ4n) is 2.78. The van der Waals surface area contributed by atoms with Gasteiger partial charge in [0.1, 0.15) is 0 Å². The first kappa shape index (κ1) is 15.0. The molecule has 0 heterocycles. The van der Waals surface area contributed by atoms with Crippen LogP contribution >= 0.6 is 0 Å². The van der Waals surface area contributed by atoms with Gasteiger partial charge in [-0.05, 0) is 31.1 Å². The predicted octanol–water partition coefficient (Wildman–Crippen LogP) is 2.71. The van der Waals surface area contributed by atoms with Crippen LogP contribution in [0.15, 0.2) is 0 Å². The molecule has 104 valence electrons. The summed E-state index contributed by atoms with van der Waals surface area (Å²) in [7, 11) is 0. The van der Waals surface area contributed by atoms with Gasteiger partial charge in [0.2, 0.25) is 0 Å². The number of rotatable bonds is 5. The third-order valence-electron chi connectivity index (χ3n) is 3.99. The van der Waals surface area contributed by atoms with E-state index in [-0.39, 0.29) is 17.8 Å². The van der Waals surface area contributed by atoms with Crippen LogP contribution in [0.5, 0.6) is 0 Å². The van der Waals surface area contributed by atoms with Crippen LogP contribution in [0, 0.1) is 23.7 Å². The lowest BCUT2D eigenvalue weighted by Crippen LogP contribution is -2.42. The fraction of sp³-hybridized carbons (Fsp3) is 0.857. The van der Waals surface area contributed by atoms with Gasteiger partial charge in [-0.1, -0.05) is 27.2 Å². The van der Waals surface area contributed by atoms with E-state index in [1.807, 2.05) is 20.8 Å². The smallest absolute Gasteiger partial charge is 0.310 e. The van der Waals surface area contributed by atoms with Gasteiger partial charge in [-0.15, -0.1) is 0 Å². The molecule has 4 nitrogen and oxygen atoms in total. The zero-order chi connectivity index (χ0) is 13.7. The monoisotopic (exact) mass is 256 g/mol. The number of carboxylic acids is 1. The maximum Gasteiger partial charge on any atom is 0.310 e. The molecule has 1 aliphatic rings. The van der Waals surface area contributed by atoms with E-state index in [1.54, 1.807) is 0 Å². The number of ether oxygens (including phenoxy) is 1. The van der Waals surface area contributed by atoms with Crippen molar-refractivity contribution in [2.75, 3.05) is 6.61 Å². The zero-order valence-electron chi connectivity index (χ0n) is 11.5. The molecule has 1 N–H and O–H groups in total. The Hall–Kier alpha value is -1.06. The van der Waals surface area contributed by atoms with Crippen LogP contribution in [-0.2, 0) is 14.3 Å². The SMILES string of the molecule is CCCCOC(=O)C1C(C)CCC(C)C1C(=O)O. The lowest BCUT2D eigenvalue weighted by Gasteiger charge is -2.36. The van der Waals surface area contributed by atoms with E-state index in [4.69, 9.17) is 4.74 Å². The number of hydrogen-bond donors (Lipinski definition) is 1. The summed E-state index contributed by atoms with van der Waals surface area (Å²) in [6.45, 7) is 6.29. The van der Waals surface area contributed by atoms with Crippen molar-refractivity contribution < 1.29 is 19.4 Å². The molecule has 4 atom stereocenters. The normalized spacial score (nSPS) is 31.9. The second-order valence-corrected chi connectivity index (χ2v) is 5.44. The van der Waals surface area contributed by atoms with Gasteiger partial charge < -0.3 is 9.84 Å². The molecule has 1 aliphatic carbocycles. The van der Waals surface area contributed by atoms with Crippen LogP contribution in [0.3, 0.4) is 0 Å². The van der Waals surface area contributed by atoms with Gasteiger partial charge in [-0.25, -0.2) is 0 Å². The third kappa shape index (κ3) is 3.47. The highest BCUT2D eigenvalue weighted by atomic mass is 16.5. The van der Waals surface area contributed by atoms with E-state index in [0.29, 0.717) is 6.61 Å². The van der Waals surface area contributed by atoms with E-state index in [1.165, 1.54) is 0 Å².